The summed E-state index contributed by atoms with van der Waals surface area (Å²) < 4.78 is 11.5. The van der Waals surface area contributed by atoms with Crippen molar-refractivity contribution in [3.05, 3.63) is 68.7 Å². The van der Waals surface area contributed by atoms with Crippen molar-refractivity contribution in [3.8, 4) is 23.8 Å². The topological polar surface area (TPSA) is 167 Å². The molecule has 1 aliphatic heterocycles. The minimum absolute atomic E-state index is 0.0384. The Balaban J connectivity index is 1.79. The van der Waals surface area contributed by atoms with Crippen LogP contribution in [0.3, 0.4) is 0 Å². The number of halogens is 2. The molecule has 6 N–H and O–H groups in total. The first-order valence-corrected chi connectivity index (χ1v) is 10.9. The minimum atomic E-state index is -0.737. The Hall–Kier alpha value is -4.38. The zero-order valence-electron chi connectivity index (χ0n) is 18.3. The van der Waals surface area contributed by atoms with Crippen molar-refractivity contribution in [1.82, 2.24) is 10.3 Å². The van der Waals surface area contributed by atoms with Gasteiger partial charge in [-0.15, -0.1) is 0 Å². The van der Waals surface area contributed by atoms with E-state index >= 15 is 0 Å². The lowest BCUT2D eigenvalue weighted by molar-refractivity contribution is 0.284. The number of anilines is 3. The van der Waals surface area contributed by atoms with Crippen molar-refractivity contribution < 1.29 is 9.47 Å². The Morgan fingerprint density at radius 1 is 1.14 bits per heavy atom. The van der Waals surface area contributed by atoms with Gasteiger partial charge < -0.3 is 26.3 Å². The number of nitrogens with zero attached hydrogens (tertiary/aromatic N) is 4. The summed E-state index contributed by atoms with van der Waals surface area (Å²) >= 11 is 12.5. The maximum absolute atomic E-state index is 9.51. The van der Waals surface area contributed by atoms with Crippen LogP contribution in [0.5, 0.6) is 11.5 Å². The van der Waals surface area contributed by atoms with E-state index in [1.165, 1.54) is 7.11 Å². The molecule has 10 nitrogen and oxygen atoms in total. The number of benzene rings is 2. The van der Waals surface area contributed by atoms with Crippen molar-refractivity contribution in [2.45, 2.75) is 12.6 Å². The summed E-state index contributed by atoms with van der Waals surface area (Å²) in [5.74, 6) is 1.24. The summed E-state index contributed by atoms with van der Waals surface area (Å²) in [6.07, 6.45) is 1.82. The fraction of sp³-hybridized carbons (Fsp3) is 0.130. The molecule has 1 aromatic heterocycles. The molecule has 0 bridgehead atoms. The molecule has 0 spiro atoms. The summed E-state index contributed by atoms with van der Waals surface area (Å²) in [6.45, 7) is 0.0877. The average Bonchev–Trinajstić information content (AvgIpc) is 2.83. The normalized spacial score (nSPS) is 14.0. The monoisotopic (exact) mass is 508 g/mol. The van der Waals surface area contributed by atoms with Crippen LogP contribution in [-0.2, 0) is 6.61 Å². The van der Waals surface area contributed by atoms with E-state index in [1.54, 1.807) is 36.4 Å². The number of pyridine rings is 1. The van der Waals surface area contributed by atoms with E-state index < -0.39 is 6.04 Å². The molecule has 0 radical (unpaired) electrons. The van der Waals surface area contributed by atoms with E-state index in [4.69, 9.17) is 49.4 Å². The Kier molecular flexibility index (Phi) is 6.69. The average molecular weight is 509 g/mol. The van der Waals surface area contributed by atoms with Crippen molar-refractivity contribution in [1.29, 1.82) is 10.5 Å². The Bertz CT molecular complexity index is 1410. The quantitative estimate of drug-likeness (QED) is 0.294. The number of nitrogens with one attached hydrogen (secondary N) is 2. The highest BCUT2D eigenvalue weighted by Crippen LogP contribution is 2.42. The van der Waals surface area contributed by atoms with Gasteiger partial charge in [-0.05, 0) is 29.8 Å². The second kappa shape index (κ2) is 9.85. The summed E-state index contributed by atoms with van der Waals surface area (Å²) in [7, 11) is 1.52. The zero-order chi connectivity index (χ0) is 25.1. The van der Waals surface area contributed by atoms with Crippen LogP contribution in [0, 0.1) is 22.8 Å². The number of aliphatic imine (C=N–C) groups is 1. The number of methoxy groups -OCH3 is 1. The molecule has 0 fully saturated rings. The van der Waals surface area contributed by atoms with E-state index in [9.17, 15) is 5.26 Å². The van der Waals surface area contributed by atoms with E-state index in [0.29, 0.717) is 38.2 Å². The maximum Gasteiger partial charge on any atom is 0.211 e. The van der Waals surface area contributed by atoms with Crippen LogP contribution in [0.2, 0.25) is 10.0 Å². The molecule has 12 heteroatoms. The molecule has 3 aromatic rings. The number of nitrogen functional groups attached to an aromatic ring is 2. The molecule has 4 rings (SSSR count). The highest BCUT2D eigenvalue weighted by atomic mass is 35.5. The Labute approximate surface area is 210 Å². The molecule has 2 aromatic carbocycles. The second-order valence-corrected chi connectivity index (χ2v) is 8.12. The van der Waals surface area contributed by atoms with Gasteiger partial charge in [-0.3, -0.25) is 5.32 Å². The second-order valence-electron chi connectivity index (χ2n) is 7.30. The molecule has 0 saturated carbocycles. The van der Waals surface area contributed by atoms with Crippen LogP contribution >= 0.6 is 23.2 Å². The summed E-state index contributed by atoms with van der Waals surface area (Å²) in [4.78, 5) is 8.81. The highest BCUT2D eigenvalue weighted by molar-refractivity contribution is 6.35. The Morgan fingerprint density at radius 3 is 2.54 bits per heavy atom. The zero-order valence-corrected chi connectivity index (χ0v) is 19.8. The SMILES string of the molecule is COc1ccc(C2N=C(NC#N)Nc3nc(N)c(C#N)c(N)c32)cc1OCc1c(Cl)cccc1Cl. The van der Waals surface area contributed by atoms with E-state index in [0.717, 1.165) is 0 Å². The molecule has 1 aliphatic rings. The largest absolute Gasteiger partial charge is 0.493 e. The third kappa shape index (κ3) is 4.53. The van der Waals surface area contributed by atoms with Gasteiger partial charge in [0, 0.05) is 21.2 Å². The third-order valence-corrected chi connectivity index (χ3v) is 6.00. The summed E-state index contributed by atoms with van der Waals surface area (Å²) in [6, 6.07) is 11.6. The number of nitrogens with two attached hydrogens (primary N) is 2. The molecule has 2 heterocycles. The first-order chi connectivity index (χ1) is 16.9. The number of guanidine groups is 1. The standard InChI is InChI=1S/C23H18Cl2N8O2/c1-34-16-6-5-11(7-17(16)35-9-13-14(24)3-2-4-15(13)25)20-18-19(28)12(8-26)21(29)32-22(18)33-23(31-20)30-10-27/h2-7,20H,9H2,1H3,(H6,28,29,30,31,32,33). The van der Waals surface area contributed by atoms with Gasteiger partial charge in [0.1, 0.15) is 35.9 Å². The van der Waals surface area contributed by atoms with Crippen molar-refractivity contribution in [2.75, 3.05) is 23.9 Å². The van der Waals surface area contributed by atoms with Crippen LogP contribution in [0.25, 0.3) is 0 Å². The van der Waals surface area contributed by atoms with E-state index in [-0.39, 0.29) is 35.5 Å². The van der Waals surface area contributed by atoms with Gasteiger partial charge in [0.15, 0.2) is 17.7 Å². The van der Waals surface area contributed by atoms with Crippen LogP contribution in [-0.4, -0.2) is 18.1 Å². The van der Waals surface area contributed by atoms with E-state index in [1.807, 2.05) is 12.3 Å². The van der Waals surface area contributed by atoms with Crippen LogP contribution in [0.15, 0.2) is 41.4 Å². The van der Waals surface area contributed by atoms with Gasteiger partial charge >= 0.3 is 0 Å². The van der Waals surface area contributed by atoms with Crippen LogP contribution in [0.1, 0.15) is 28.3 Å². The number of ether oxygens (including phenoxy) is 2. The molecule has 1 atom stereocenters. The van der Waals surface area contributed by atoms with Gasteiger partial charge in [-0.25, -0.2) is 9.98 Å². The van der Waals surface area contributed by atoms with Crippen molar-refractivity contribution in [3.63, 3.8) is 0 Å². The molecular formula is C23H18Cl2N8O2. The van der Waals surface area contributed by atoms with Gasteiger partial charge in [0.05, 0.1) is 12.8 Å². The molecule has 0 amide bonds. The van der Waals surface area contributed by atoms with E-state index in [2.05, 4.69) is 20.6 Å². The molecule has 0 aliphatic carbocycles. The maximum atomic E-state index is 9.51. The fourth-order valence-corrected chi connectivity index (χ4v) is 4.12. The number of hydrogen-bond acceptors (Lipinski definition) is 10. The first-order valence-electron chi connectivity index (χ1n) is 10.1. The number of aromatic nitrogens is 1. The van der Waals surface area contributed by atoms with Gasteiger partial charge in [-0.2, -0.15) is 10.5 Å². The molecule has 1 unspecified atom stereocenters. The first kappa shape index (κ1) is 23.8. The smallest absolute Gasteiger partial charge is 0.211 e. The third-order valence-electron chi connectivity index (χ3n) is 5.29. The number of rotatable bonds is 5. The van der Waals surface area contributed by atoms with Crippen molar-refractivity contribution >= 4 is 46.5 Å². The fourth-order valence-electron chi connectivity index (χ4n) is 3.62. The van der Waals surface area contributed by atoms with Gasteiger partial charge in [0.25, 0.3) is 0 Å². The summed E-state index contributed by atoms with van der Waals surface area (Å²) in [5.41, 5.74) is 14.1. The Morgan fingerprint density at radius 2 is 1.89 bits per heavy atom. The van der Waals surface area contributed by atoms with Crippen molar-refractivity contribution in [2.24, 2.45) is 4.99 Å². The highest BCUT2D eigenvalue weighted by Gasteiger charge is 2.30. The van der Waals surface area contributed by atoms with Crippen LogP contribution < -0.4 is 31.6 Å². The number of nitriles is 2. The van der Waals surface area contributed by atoms with Gasteiger partial charge in [0.2, 0.25) is 5.96 Å². The summed E-state index contributed by atoms with van der Waals surface area (Å²) in [5, 5.41) is 24.9. The molecular weight excluding hydrogens is 491 g/mol. The number of hydrogen-bond donors (Lipinski definition) is 4. The molecule has 176 valence electrons. The lowest BCUT2D eigenvalue weighted by atomic mass is 9.95. The van der Waals surface area contributed by atoms with Gasteiger partial charge in [-0.1, -0.05) is 35.3 Å². The lowest BCUT2D eigenvalue weighted by Gasteiger charge is -2.26. The predicted molar refractivity (Wildman–Crippen MR) is 133 cm³/mol. The molecule has 0 saturated heterocycles. The lowest BCUT2D eigenvalue weighted by Crippen LogP contribution is -2.32. The minimum Gasteiger partial charge on any atom is -0.493 e. The predicted octanol–water partition coefficient (Wildman–Crippen LogP) is 3.95. The number of fused-ring (bicyclic) bond motifs is 1. The van der Waals surface area contributed by atoms with Crippen LogP contribution in [0.4, 0.5) is 17.3 Å². The molecule has 35 heavy (non-hydrogen) atoms.